The summed E-state index contributed by atoms with van der Waals surface area (Å²) in [6.45, 7) is 0.813. The molecule has 21 heavy (non-hydrogen) atoms. The number of amides is 2. The van der Waals surface area contributed by atoms with Gasteiger partial charge in [0.1, 0.15) is 0 Å². The fourth-order valence-electron chi connectivity index (χ4n) is 2.87. The first-order chi connectivity index (χ1) is 10.2. The van der Waals surface area contributed by atoms with Crippen molar-refractivity contribution in [3.8, 4) is 11.5 Å². The van der Waals surface area contributed by atoms with Crippen LogP contribution in [0.1, 0.15) is 29.6 Å². The molecule has 2 amide bonds. The molecule has 2 heterocycles. The molecule has 6 heteroatoms. The maximum absolute atomic E-state index is 12.3. The highest BCUT2D eigenvalue weighted by atomic mass is 16.7. The summed E-state index contributed by atoms with van der Waals surface area (Å²) in [5.41, 5.74) is 0.525. The smallest absolute Gasteiger partial charge is 0.251 e. The van der Waals surface area contributed by atoms with Crippen LogP contribution in [0.15, 0.2) is 18.2 Å². The molecule has 110 valence electrons. The van der Waals surface area contributed by atoms with Crippen molar-refractivity contribution >= 4 is 11.8 Å². The Hall–Kier alpha value is -2.24. The first kappa shape index (κ1) is 12.5. The summed E-state index contributed by atoms with van der Waals surface area (Å²) in [4.78, 5) is 26.0. The van der Waals surface area contributed by atoms with Gasteiger partial charge in [0.25, 0.3) is 5.91 Å². The van der Waals surface area contributed by atoms with Gasteiger partial charge in [-0.25, -0.2) is 0 Å². The standard InChI is InChI=1S/C15H16N2O4/c18-14-6-10(7-17(14)11-2-3-11)16-15(19)9-1-4-12-13(5-9)21-8-20-12/h1,4-5,10-11H,2-3,6-8H2,(H,16,19)/t10-/m1/s1. The summed E-state index contributed by atoms with van der Waals surface area (Å²) >= 11 is 0. The monoisotopic (exact) mass is 288 g/mol. The number of nitrogens with one attached hydrogen (secondary N) is 1. The van der Waals surface area contributed by atoms with Gasteiger partial charge in [-0.1, -0.05) is 0 Å². The summed E-state index contributed by atoms with van der Waals surface area (Å²) in [6, 6.07) is 5.42. The van der Waals surface area contributed by atoms with Crippen molar-refractivity contribution in [3.05, 3.63) is 23.8 Å². The number of benzene rings is 1. The van der Waals surface area contributed by atoms with Gasteiger partial charge in [0.05, 0.1) is 6.04 Å². The van der Waals surface area contributed by atoms with Crippen molar-refractivity contribution in [1.29, 1.82) is 0 Å². The van der Waals surface area contributed by atoms with Crippen molar-refractivity contribution in [2.45, 2.75) is 31.3 Å². The molecule has 1 atom stereocenters. The van der Waals surface area contributed by atoms with E-state index in [-0.39, 0.29) is 24.6 Å². The average Bonchev–Trinajstić information content (AvgIpc) is 3.09. The van der Waals surface area contributed by atoms with Gasteiger partial charge in [-0.15, -0.1) is 0 Å². The van der Waals surface area contributed by atoms with E-state index in [9.17, 15) is 9.59 Å². The number of rotatable bonds is 3. The first-order valence-electron chi connectivity index (χ1n) is 7.21. The SMILES string of the molecule is O=C(N[C@@H]1CC(=O)N(C2CC2)C1)c1ccc2c(c1)OCO2. The predicted molar refractivity (Wildman–Crippen MR) is 73.2 cm³/mol. The molecule has 0 aromatic heterocycles. The molecule has 1 saturated carbocycles. The second-order valence-electron chi connectivity index (χ2n) is 5.72. The van der Waals surface area contributed by atoms with Crippen molar-refractivity contribution in [2.24, 2.45) is 0 Å². The number of carbonyl (C=O) groups is 2. The van der Waals surface area contributed by atoms with Crippen LogP contribution in [0, 0.1) is 0 Å². The minimum absolute atomic E-state index is 0.101. The Labute approximate surface area is 122 Å². The maximum Gasteiger partial charge on any atom is 0.251 e. The van der Waals surface area contributed by atoms with E-state index in [1.54, 1.807) is 18.2 Å². The number of hydrogen-bond donors (Lipinski definition) is 1. The highest BCUT2D eigenvalue weighted by molar-refractivity contribution is 5.95. The summed E-state index contributed by atoms with van der Waals surface area (Å²) < 4.78 is 10.5. The zero-order valence-electron chi connectivity index (χ0n) is 11.5. The quantitative estimate of drug-likeness (QED) is 0.897. The van der Waals surface area contributed by atoms with Crippen LogP contribution in [-0.4, -0.2) is 42.1 Å². The van der Waals surface area contributed by atoms with Crippen LogP contribution in [0.3, 0.4) is 0 Å². The zero-order valence-corrected chi connectivity index (χ0v) is 11.5. The van der Waals surface area contributed by atoms with Gasteiger partial charge < -0.3 is 19.7 Å². The molecule has 2 aliphatic heterocycles. The van der Waals surface area contributed by atoms with Crippen LogP contribution in [0.4, 0.5) is 0 Å². The molecule has 2 fully saturated rings. The summed E-state index contributed by atoms with van der Waals surface area (Å²) in [5.74, 6) is 1.21. The van der Waals surface area contributed by atoms with Crippen LogP contribution in [0.2, 0.25) is 0 Å². The van der Waals surface area contributed by atoms with Crippen LogP contribution >= 0.6 is 0 Å². The number of ether oxygens (including phenoxy) is 2. The molecule has 1 aromatic carbocycles. The predicted octanol–water partition coefficient (Wildman–Crippen LogP) is 0.908. The lowest BCUT2D eigenvalue weighted by Crippen LogP contribution is -2.37. The number of fused-ring (bicyclic) bond motifs is 1. The lowest BCUT2D eigenvalue weighted by atomic mass is 10.1. The van der Waals surface area contributed by atoms with E-state index in [1.807, 2.05) is 4.90 Å². The molecular weight excluding hydrogens is 272 g/mol. The molecule has 1 saturated heterocycles. The van der Waals surface area contributed by atoms with Gasteiger partial charge in [0.15, 0.2) is 11.5 Å². The number of carbonyl (C=O) groups excluding carboxylic acids is 2. The maximum atomic E-state index is 12.3. The van der Waals surface area contributed by atoms with Gasteiger partial charge in [-0.3, -0.25) is 9.59 Å². The third kappa shape index (κ3) is 2.30. The van der Waals surface area contributed by atoms with Crippen molar-refractivity contribution in [2.75, 3.05) is 13.3 Å². The number of nitrogens with zero attached hydrogens (tertiary/aromatic N) is 1. The van der Waals surface area contributed by atoms with Crippen molar-refractivity contribution in [1.82, 2.24) is 10.2 Å². The van der Waals surface area contributed by atoms with Gasteiger partial charge in [-0.05, 0) is 31.0 Å². The van der Waals surface area contributed by atoms with E-state index in [0.717, 1.165) is 12.8 Å². The van der Waals surface area contributed by atoms with Crippen LogP contribution < -0.4 is 14.8 Å². The lowest BCUT2D eigenvalue weighted by molar-refractivity contribution is -0.128. The van der Waals surface area contributed by atoms with Gasteiger partial charge >= 0.3 is 0 Å². The summed E-state index contributed by atoms with van der Waals surface area (Å²) in [5, 5.41) is 2.93. The molecule has 1 aromatic rings. The molecule has 0 bridgehead atoms. The Morgan fingerprint density at radius 1 is 1.24 bits per heavy atom. The molecule has 1 N–H and O–H groups in total. The van der Waals surface area contributed by atoms with Crippen LogP contribution in [0.5, 0.6) is 11.5 Å². The van der Waals surface area contributed by atoms with Crippen molar-refractivity contribution in [3.63, 3.8) is 0 Å². The first-order valence-corrected chi connectivity index (χ1v) is 7.21. The lowest BCUT2D eigenvalue weighted by Gasteiger charge is -2.16. The minimum atomic E-state index is -0.177. The molecule has 6 nitrogen and oxygen atoms in total. The van der Waals surface area contributed by atoms with E-state index in [2.05, 4.69) is 5.32 Å². The highest BCUT2D eigenvalue weighted by Gasteiger charge is 2.39. The molecule has 4 rings (SSSR count). The number of likely N-dealkylation sites (tertiary alicyclic amines) is 1. The largest absolute Gasteiger partial charge is 0.454 e. The minimum Gasteiger partial charge on any atom is -0.454 e. The Morgan fingerprint density at radius 2 is 2.05 bits per heavy atom. The Balaban J connectivity index is 1.43. The van der Waals surface area contributed by atoms with Gasteiger partial charge in [0.2, 0.25) is 12.7 Å². The van der Waals surface area contributed by atoms with Crippen LogP contribution in [0.25, 0.3) is 0 Å². The molecule has 0 unspecified atom stereocenters. The normalized spacial score (nSPS) is 23.5. The Kier molecular flexibility index (Phi) is 2.77. The Bertz CT molecular complexity index is 612. The molecule has 3 aliphatic rings. The second kappa shape index (κ2) is 4.65. The topological polar surface area (TPSA) is 67.9 Å². The van der Waals surface area contributed by atoms with E-state index in [0.29, 0.717) is 36.1 Å². The average molecular weight is 288 g/mol. The zero-order chi connectivity index (χ0) is 14.4. The number of hydrogen-bond acceptors (Lipinski definition) is 4. The fraction of sp³-hybridized carbons (Fsp3) is 0.467. The van der Waals surface area contributed by atoms with Gasteiger partial charge in [0, 0.05) is 24.6 Å². The summed E-state index contributed by atoms with van der Waals surface area (Å²) in [7, 11) is 0. The molecule has 0 spiro atoms. The summed E-state index contributed by atoms with van der Waals surface area (Å²) in [6.07, 6.45) is 2.58. The fourth-order valence-corrected chi connectivity index (χ4v) is 2.87. The van der Waals surface area contributed by atoms with E-state index in [1.165, 1.54) is 0 Å². The Morgan fingerprint density at radius 3 is 2.86 bits per heavy atom. The second-order valence-corrected chi connectivity index (χ2v) is 5.72. The van der Waals surface area contributed by atoms with Crippen molar-refractivity contribution < 1.29 is 19.1 Å². The highest BCUT2D eigenvalue weighted by Crippen LogP contribution is 2.33. The van der Waals surface area contributed by atoms with Gasteiger partial charge in [-0.2, -0.15) is 0 Å². The third-order valence-electron chi connectivity index (χ3n) is 4.12. The van der Waals surface area contributed by atoms with E-state index in [4.69, 9.17) is 9.47 Å². The van der Waals surface area contributed by atoms with E-state index < -0.39 is 0 Å². The van der Waals surface area contributed by atoms with Crippen LogP contribution in [-0.2, 0) is 4.79 Å². The molecule has 1 aliphatic carbocycles. The third-order valence-corrected chi connectivity index (χ3v) is 4.12. The van der Waals surface area contributed by atoms with E-state index >= 15 is 0 Å². The molecular formula is C15H16N2O4. The molecule has 0 radical (unpaired) electrons.